The summed E-state index contributed by atoms with van der Waals surface area (Å²) in [4.78, 5) is 11.2. The number of aromatic nitrogens is 2. The molecule has 5 nitrogen and oxygen atoms in total. The number of aliphatic hydroxyl groups is 1. The third kappa shape index (κ3) is 4.08. The number of rotatable bonds is 6. The van der Waals surface area contributed by atoms with Crippen molar-refractivity contribution in [2.45, 2.75) is 38.5 Å². The first-order chi connectivity index (χ1) is 15.1. The van der Waals surface area contributed by atoms with E-state index in [2.05, 4.69) is 33.1 Å². The zero-order chi connectivity index (χ0) is 21.3. The number of fused-ring (bicyclic) bond motifs is 1. The van der Waals surface area contributed by atoms with Crippen LogP contribution >= 0.6 is 0 Å². The lowest BCUT2D eigenvalue weighted by Crippen LogP contribution is -2.35. The highest BCUT2D eigenvalue weighted by Gasteiger charge is 2.53. The molecule has 0 bridgehead atoms. The molecule has 0 amide bonds. The van der Waals surface area contributed by atoms with Gasteiger partial charge in [-0.15, -0.1) is 0 Å². The first-order valence-electron chi connectivity index (χ1n) is 11.1. The second-order valence-corrected chi connectivity index (χ2v) is 9.00. The van der Waals surface area contributed by atoms with Gasteiger partial charge in [0, 0.05) is 55.3 Å². The van der Waals surface area contributed by atoms with E-state index in [1.54, 1.807) is 6.20 Å². The standard InChI is InChI=1S/C26H29N3O2/c1-19-8-9-25(28-13-19)26(30)11-10-21-15-29(17-23(21)26)16-22-6-2-3-7-24(22)31-18-20-5-4-12-27-14-20/h2-9,12-14,21,23,30H,10-11,15-18H2,1H3/t21-,23+,26-/m1/s1. The molecule has 0 unspecified atom stereocenters. The van der Waals surface area contributed by atoms with Gasteiger partial charge < -0.3 is 9.84 Å². The molecule has 1 aliphatic heterocycles. The quantitative estimate of drug-likeness (QED) is 0.657. The lowest BCUT2D eigenvalue weighted by atomic mass is 9.85. The lowest BCUT2D eigenvalue weighted by Gasteiger charge is -2.30. The number of ether oxygens (including phenoxy) is 1. The molecule has 1 saturated carbocycles. The number of benzene rings is 1. The molecule has 0 radical (unpaired) electrons. The van der Waals surface area contributed by atoms with Crippen LogP contribution in [0, 0.1) is 18.8 Å². The monoisotopic (exact) mass is 415 g/mol. The minimum atomic E-state index is -0.816. The summed E-state index contributed by atoms with van der Waals surface area (Å²) in [5, 5.41) is 11.6. The molecule has 3 atom stereocenters. The minimum Gasteiger partial charge on any atom is -0.489 e. The number of hydrogen-bond acceptors (Lipinski definition) is 5. The van der Waals surface area contributed by atoms with Gasteiger partial charge in [-0.05, 0) is 49.4 Å². The van der Waals surface area contributed by atoms with E-state index in [4.69, 9.17) is 4.74 Å². The zero-order valence-corrected chi connectivity index (χ0v) is 17.9. The second kappa shape index (κ2) is 8.40. The van der Waals surface area contributed by atoms with Gasteiger partial charge in [0.1, 0.15) is 18.0 Å². The van der Waals surface area contributed by atoms with Crippen LogP contribution in [0.3, 0.4) is 0 Å². The number of likely N-dealkylation sites (tertiary alicyclic amines) is 1. The van der Waals surface area contributed by atoms with E-state index in [0.717, 1.165) is 55.0 Å². The summed E-state index contributed by atoms with van der Waals surface area (Å²) >= 11 is 0. The van der Waals surface area contributed by atoms with Gasteiger partial charge in [0.05, 0.1) is 5.69 Å². The van der Waals surface area contributed by atoms with E-state index in [0.29, 0.717) is 12.5 Å². The fourth-order valence-electron chi connectivity index (χ4n) is 5.22. The van der Waals surface area contributed by atoms with Crippen LogP contribution in [-0.2, 0) is 18.8 Å². The molecule has 2 aromatic heterocycles. The van der Waals surface area contributed by atoms with Crippen LogP contribution in [0.2, 0.25) is 0 Å². The highest BCUT2D eigenvalue weighted by molar-refractivity contribution is 5.34. The Kier molecular flexibility index (Phi) is 5.47. The van der Waals surface area contributed by atoms with Gasteiger partial charge in [-0.1, -0.05) is 30.3 Å². The molecule has 1 saturated heterocycles. The van der Waals surface area contributed by atoms with Crippen LogP contribution in [0.25, 0.3) is 0 Å². The molecule has 3 aromatic rings. The number of hydrogen-bond donors (Lipinski definition) is 1. The van der Waals surface area contributed by atoms with Crippen molar-refractivity contribution in [1.82, 2.24) is 14.9 Å². The Hall–Kier alpha value is -2.76. The normalized spacial score (nSPS) is 25.5. The van der Waals surface area contributed by atoms with Crippen molar-refractivity contribution in [3.8, 4) is 5.75 Å². The SMILES string of the molecule is Cc1ccc([C@@]2(O)CC[C@@H]3CN(Cc4ccccc4OCc4cccnc4)C[C@@H]32)nc1. The van der Waals surface area contributed by atoms with E-state index in [9.17, 15) is 5.11 Å². The predicted molar refractivity (Wildman–Crippen MR) is 119 cm³/mol. The third-order valence-electron chi connectivity index (χ3n) is 6.86. The number of para-hydroxylation sites is 1. The highest BCUT2D eigenvalue weighted by Crippen LogP contribution is 2.50. The molecule has 1 N–H and O–H groups in total. The van der Waals surface area contributed by atoms with E-state index in [-0.39, 0.29) is 5.92 Å². The average molecular weight is 416 g/mol. The maximum atomic E-state index is 11.6. The Bertz CT molecular complexity index is 1020. The summed E-state index contributed by atoms with van der Waals surface area (Å²) in [7, 11) is 0. The maximum absolute atomic E-state index is 11.6. The van der Waals surface area contributed by atoms with Crippen LogP contribution in [0.5, 0.6) is 5.75 Å². The summed E-state index contributed by atoms with van der Waals surface area (Å²) in [6.45, 7) is 5.26. The van der Waals surface area contributed by atoms with E-state index >= 15 is 0 Å². The molecule has 2 aliphatic rings. The van der Waals surface area contributed by atoms with E-state index < -0.39 is 5.60 Å². The molecule has 160 valence electrons. The summed E-state index contributed by atoms with van der Waals surface area (Å²) in [6, 6.07) is 16.3. The average Bonchev–Trinajstić information content (AvgIpc) is 3.34. The molecular weight excluding hydrogens is 386 g/mol. The predicted octanol–water partition coefficient (Wildman–Crippen LogP) is 4.09. The first-order valence-corrected chi connectivity index (χ1v) is 11.1. The molecule has 0 spiro atoms. The van der Waals surface area contributed by atoms with Crippen molar-refractivity contribution in [3.63, 3.8) is 0 Å². The van der Waals surface area contributed by atoms with Gasteiger partial charge in [-0.3, -0.25) is 14.9 Å². The molecule has 3 heterocycles. The summed E-state index contributed by atoms with van der Waals surface area (Å²) in [5.41, 5.74) is 3.38. The summed E-state index contributed by atoms with van der Waals surface area (Å²) in [5.74, 6) is 1.65. The fourth-order valence-corrected chi connectivity index (χ4v) is 5.22. The van der Waals surface area contributed by atoms with Gasteiger partial charge in [-0.2, -0.15) is 0 Å². The largest absolute Gasteiger partial charge is 0.489 e. The van der Waals surface area contributed by atoms with Gasteiger partial charge in [0.2, 0.25) is 0 Å². The van der Waals surface area contributed by atoms with Crippen LogP contribution in [0.1, 0.15) is 35.2 Å². The van der Waals surface area contributed by atoms with Crippen LogP contribution in [-0.4, -0.2) is 33.1 Å². The number of nitrogens with zero attached hydrogens (tertiary/aromatic N) is 3. The van der Waals surface area contributed by atoms with E-state index in [1.165, 1.54) is 5.56 Å². The Balaban J connectivity index is 1.28. The molecule has 1 aliphatic carbocycles. The first kappa shape index (κ1) is 20.2. The van der Waals surface area contributed by atoms with E-state index in [1.807, 2.05) is 49.6 Å². The van der Waals surface area contributed by atoms with Crippen molar-refractivity contribution < 1.29 is 9.84 Å². The van der Waals surface area contributed by atoms with Crippen molar-refractivity contribution in [2.75, 3.05) is 13.1 Å². The third-order valence-corrected chi connectivity index (χ3v) is 6.86. The molecule has 31 heavy (non-hydrogen) atoms. The maximum Gasteiger partial charge on any atom is 0.124 e. The highest BCUT2D eigenvalue weighted by atomic mass is 16.5. The van der Waals surface area contributed by atoms with Gasteiger partial charge in [0.15, 0.2) is 0 Å². The van der Waals surface area contributed by atoms with Crippen LogP contribution in [0.15, 0.2) is 67.1 Å². The topological polar surface area (TPSA) is 58.5 Å². The van der Waals surface area contributed by atoms with Crippen LogP contribution in [0.4, 0.5) is 0 Å². The summed E-state index contributed by atoms with van der Waals surface area (Å²) < 4.78 is 6.12. The zero-order valence-electron chi connectivity index (χ0n) is 17.9. The molecule has 2 fully saturated rings. The van der Waals surface area contributed by atoms with Crippen molar-refractivity contribution in [1.29, 1.82) is 0 Å². The summed E-state index contributed by atoms with van der Waals surface area (Å²) in [6.07, 6.45) is 7.33. The molecule has 5 heteroatoms. The fraction of sp³-hybridized carbons (Fsp3) is 0.385. The molecule has 5 rings (SSSR count). The van der Waals surface area contributed by atoms with Crippen LogP contribution < -0.4 is 4.74 Å². The van der Waals surface area contributed by atoms with Gasteiger partial charge >= 0.3 is 0 Å². The van der Waals surface area contributed by atoms with Crippen molar-refractivity contribution in [2.24, 2.45) is 11.8 Å². The number of pyridine rings is 2. The van der Waals surface area contributed by atoms with Gasteiger partial charge in [0.25, 0.3) is 0 Å². The van der Waals surface area contributed by atoms with Gasteiger partial charge in [-0.25, -0.2) is 0 Å². The lowest BCUT2D eigenvalue weighted by molar-refractivity contribution is -0.0108. The Morgan fingerprint density at radius 1 is 1.10 bits per heavy atom. The Labute approximate surface area is 183 Å². The molecule has 1 aromatic carbocycles. The minimum absolute atomic E-state index is 0.228. The molecular formula is C26H29N3O2. The smallest absolute Gasteiger partial charge is 0.124 e. The Morgan fingerprint density at radius 3 is 2.81 bits per heavy atom. The Morgan fingerprint density at radius 2 is 2.00 bits per heavy atom. The number of aryl methyl sites for hydroxylation is 1. The van der Waals surface area contributed by atoms with Crippen molar-refractivity contribution in [3.05, 3.63) is 89.5 Å². The second-order valence-electron chi connectivity index (χ2n) is 9.00. The van der Waals surface area contributed by atoms with Crippen molar-refractivity contribution >= 4 is 0 Å².